The van der Waals surface area contributed by atoms with Gasteiger partial charge in [0, 0.05) is 13.1 Å². The van der Waals surface area contributed by atoms with Crippen molar-refractivity contribution in [2.45, 2.75) is 45.0 Å². The SMILES string of the molecule is CC(C)(C)[Si](C)(C)OC1CN(C(=O)O)CC1C=O. The Morgan fingerprint density at radius 3 is 2.33 bits per heavy atom. The van der Waals surface area contributed by atoms with Crippen molar-refractivity contribution >= 4 is 20.7 Å². The molecular formula is C12H23NO4Si. The lowest BCUT2D eigenvalue weighted by Gasteiger charge is -2.39. The number of carbonyl (C=O) groups excluding carboxylic acids is 1. The minimum atomic E-state index is -1.97. The zero-order chi connectivity index (χ0) is 14.1. The van der Waals surface area contributed by atoms with Crippen LogP contribution in [0.15, 0.2) is 0 Å². The highest BCUT2D eigenvalue weighted by Gasteiger charge is 2.44. The summed E-state index contributed by atoms with van der Waals surface area (Å²) < 4.78 is 6.15. The first kappa shape index (κ1) is 15.2. The van der Waals surface area contributed by atoms with Crippen LogP contribution in [0.5, 0.6) is 0 Å². The third-order valence-corrected chi connectivity index (χ3v) is 8.51. The number of carbonyl (C=O) groups is 2. The van der Waals surface area contributed by atoms with Crippen LogP contribution in [0.4, 0.5) is 4.79 Å². The van der Waals surface area contributed by atoms with Crippen LogP contribution in [0.3, 0.4) is 0 Å². The van der Waals surface area contributed by atoms with Crippen LogP contribution in [0.25, 0.3) is 0 Å². The Labute approximate surface area is 109 Å². The Hall–Kier alpha value is -0.883. The number of hydrogen-bond acceptors (Lipinski definition) is 3. The maximum absolute atomic E-state index is 11.0. The van der Waals surface area contributed by atoms with Crippen molar-refractivity contribution in [3.63, 3.8) is 0 Å². The number of amides is 1. The molecule has 2 atom stereocenters. The van der Waals surface area contributed by atoms with Gasteiger partial charge in [0.25, 0.3) is 0 Å². The number of likely N-dealkylation sites (tertiary alicyclic amines) is 1. The van der Waals surface area contributed by atoms with E-state index in [0.29, 0.717) is 6.54 Å². The van der Waals surface area contributed by atoms with Gasteiger partial charge in [0.2, 0.25) is 0 Å². The molecule has 0 bridgehead atoms. The molecule has 0 aromatic carbocycles. The molecule has 2 unspecified atom stereocenters. The first-order valence-electron chi connectivity index (χ1n) is 6.19. The van der Waals surface area contributed by atoms with Crippen molar-refractivity contribution in [2.24, 2.45) is 5.92 Å². The highest BCUT2D eigenvalue weighted by Crippen LogP contribution is 2.38. The molecule has 0 aliphatic carbocycles. The molecule has 1 N–H and O–H groups in total. The van der Waals surface area contributed by atoms with E-state index in [-0.39, 0.29) is 23.6 Å². The summed E-state index contributed by atoms with van der Waals surface area (Å²) >= 11 is 0. The van der Waals surface area contributed by atoms with E-state index in [9.17, 15) is 9.59 Å². The van der Waals surface area contributed by atoms with E-state index in [4.69, 9.17) is 9.53 Å². The van der Waals surface area contributed by atoms with Gasteiger partial charge in [-0.25, -0.2) is 4.79 Å². The third-order valence-electron chi connectivity index (χ3n) is 4.01. The van der Waals surface area contributed by atoms with E-state index in [1.165, 1.54) is 4.90 Å². The van der Waals surface area contributed by atoms with Crippen molar-refractivity contribution in [3.05, 3.63) is 0 Å². The quantitative estimate of drug-likeness (QED) is 0.632. The molecule has 1 aliphatic rings. The average Bonchev–Trinajstić information content (AvgIpc) is 2.58. The lowest BCUT2D eigenvalue weighted by atomic mass is 10.1. The Balaban J connectivity index is 2.78. The zero-order valence-electron chi connectivity index (χ0n) is 11.8. The van der Waals surface area contributed by atoms with Crippen LogP contribution in [0, 0.1) is 5.92 Å². The minimum Gasteiger partial charge on any atom is -0.465 e. The standard InChI is InChI=1S/C12H23NO4Si/c1-12(2,3)18(4,5)17-10-7-13(11(15)16)6-9(10)8-14/h8-10H,6-7H2,1-5H3,(H,15,16). The van der Waals surface area contributed by atoms with E-state index < -0.39 is 14.4 Å². The van der Waals surface area contributed by atoms with Gasteiger partial charge in [-0.3, -0.25) is 0 Å². The lowest BCUT2D eigenvalue weighted by molar-refractivity contribution is -0.112. The molecule has 1 saturated heterocycles. The van der Waals surface area contributed by atoms with Gasteiger partial charge in [0.1, 0.15) is 6.29 Å². The van der Waals surface area contributed by atoms with Crippen molar-refractivity contribution < 1.29 is 19.1 Å². The predicted molar refractivity (Wildman–Crippen MR) is 71.2 cm³/mol. The summed E-state index contributed by atoms with van der Waals surface area (Å²) in [7, 11) is -1.97. The van der Waals surface area contributed by atoms with Crippen LogP contribution in [-0.2, 0) is 9.22 Å². The topological polar surface area (TPSA) is 66.8 Å². The second-order valence-electron chi connectivity index (χ2n) is 6.40. The second kappa shape index (κ2) is 5.01. The van der Waals surface area contributed by atoms with Gasteiger partial charge in [0.15, 0.2) is 8.32 Å². The number of aldehydes is 1. The Morgan fingerprint density at radius 1 is 1.39 bits per heavy atom. The summed E-state index contributed by atoms with van der Waals surface area (Å²) in [4.78, 5) is 23.2. The Kier molecular flexibility index (Phi) is 4.22. The lowest BCUT2D eigenvalue weighted by Crippen LogP contribution is -2.46. The van der Waals surface area contributed by atoms with Gasteiger partial charge in [-0.2, -0.15) is 0 Å². The zero-order valence-corrected chi connectivity index (χ0v) is 12.8. The van der Waals surface area contributed by atoms with E-state index >= 15 is 0 Å². The number of hydrogen-bond donors (Lipinski definition) is 1. The second-order valence-corrected chi connectivity index (χ2v) is 11.2. The van der Waals surface area contributed by atoms with Gasteiger partial charge >= 0.3 is 6.09 Å². The summed E-state index contributed by atoms with van der Waals surface area (Å²) in [6.07, 6.45) is -0.455. The monoisotopic (exact) mass is 273 g/mol. The molecule has 0 radical (unpaired) electrons. The van der Waals surface area contributed by atoms with E-state index in [1.807, 2.05) is 0 Å². The van der Waals surface area contributed by atoms with Gasteiger partial charge in [-0.1, -0.05) is 20.8 Å². The molecule has 1 fully saturated rings. The molecular weight excluding hydrogens is 250 g/mol. The summed E-state index contributed by atoms with van der Waals surface area (Å²) in [6.45, 7) is 11.1. The molecule has 104 valence electrons. The number of nitrogens with zero attached hydrogens (tertiary/aromatic N) is 1. The van der Waals surface area contributed by atoms with Crippen molar-refractivity contribution in [2.75, 3.05) is 13.1 Å². The number of rotatable bonds is 3. The molecule has 0 saturated carbocycles. The maximum atomic E-state index is 11.0. The first-order valence-corrected chi connectivity index (χ1v) is 9.10. The van der Waals surface area contributed by atoms with E-state index in [2.05, 4.69) is 33.9 Å². The summed E-state index contributed by atoms with van der Waals surface area (Å²) in [5.74, 6) is -0.338. The fourth-order valence-electron chi connectivity index (χ4n) is 1.77. The largest absolute Gasteiger partial charge is 0.465 e. The molecule has 18 heavy (non-hydrogen) atoms. The van der Waals surface area contributed by atoms with Crippen molar-refractivity contribution in [3.8, 4) is 0 Å². The van der Waals surface area contributed by atoms with Crippen LogP contribution >= 0.6 is 0 Å². The smallest absolute Gasteiger partial charge is 0.407 e. The van der Waals surface area contributed by atoms with Crippen LogP contribution in [0.1, 0.15) is 20.8 Å². The van der Waals surface area contributed by atoms with Crippen molar-refractivity contribution in [1.29, 1.82) is 0 Å². The Morgan fingerprint density at radius 2 is 1.94 bits per heavy atom. The molecule has 6 heteroatoms. The molecule has 0 aromatic heterocycles. The average molecular weight is 273 g/mol. The number of carboxylic acid groups (broad SMARTS) is 1. The molecule has 1 amide bonds. The molecule has 1 rings (SSSR count). The van der Waals surface area contributed by atoms with E-state index in [0.717, 1.165) is 6.29 Å². The molecule has 0 spiro atoms. The van der Waals surface area contributed by atoms with Gasteiger partial charge < -0.3 is 19.2 Å². The Bertz CT molecular complexity index is 337. The van der Waals surface area contributed by atoms with Crippen LogP contribution in [-0.4, -0.2) is 49.9 Å². The molecule has 5 nitrogen and oxygen atoms in total. The van der Waals surface area contributed by atoms with Crippen LogP contribution < -0.4 is 0 Å². The van der Waals surface area contributed by atoms with Gasteiger partial charge in [0.05, 0.1) is 12.0 Å². The normalized spacial score (nSPS) is 25.3. The maximum Gasteiger partial charge on any atom is 0.407 e. The predicted octanol–water partition coefficient (Wildman–Crippen LogP) is 2.19. The summed E-state index contributed by atoms with van der Waals surface area (Å²) in [5.41, 5.74) is 0. The fraction of sp³-hybridized carbons (Fsp3) is 0.833. The fourth-order valence-corrected chi connectivity index (χ4v) is 3.13. The molecule has 0 aromatic rings. The summed E-state index contributed by atoms with van der Waals surface area (Å²) in [5, 5.41) is 9.02. The minimum absolute atomic E-state index is 0.0527. The van der Waals surface area contributed by atoms with Gasteiger partial charge in [-0.15, -0.1) is 0 Å². The summed E-state index contributed by atoms with van der Waals surface area (Å²) in [6, 6.07) is 0. The first-order chi connectivity index (χ1) is 8.08. The molecule has 1 heterocycles. The van der Waals surface area contributed by atoms with E-state index in [1.54, 1.807) is 0 Å². The highest BCUT2D eigenvalue weighted by atomic mass is 28.4. The van der Waals surface area contributed by atoms with Gasteiger partial charge in [-0.05, 0) is 18.1 Å². The highest BCUT2D eigenvalue weighted by molar-refractivity contribution is 6.74. The third kappa shape index (κ3) is 3.11. The molecule has 1 aliphatic heterocycles. The van der Waals surface area contributed by atoms with Crippen molar-refractivity contribution in [1.82, 2.24) is 4.90 Å². The van der Waals surface area contributed by atoms with Crippen LogP contribution in [0.2, 0.25) is 18.1 Å².